The first-order chi connectivity index (χ1) is 26.0. The molecule has 1 aliphatic carbocycles. The van der Waals surface area contributed by atoms with Crippen molar-refractivity contribution in [3.05, 3.63) is 162 Å². The zero-order chi connectivity index (χ0) is 37.0. The van der Waals surface area contributed by atoms with Crippen LogP contribution in [0.2, 0.25) is 0 Å². The minimum absolute atomic E-state index is 0.0685. The van der Waals surface area contributed by atoms with Crippen molar-refractivity contribution in [1.29, 1.82) is 0 Å². The molecule has 1 N–H and O–H groups in total. The predicted molar refractivity (Wildman–Crippen MR) is 233 cm³/mol. The van der Waals surface area contributed by atoms with Gasteiger partial charge in [-0.15, -0.1) is 0 Å². The zero-order valence-corrected chi connectivity index (χ0v) is 32.3. The van der Waals surface area contributed by atoms with Gasteiger partial charge in [0.15, 0.2) is 7.28 Å². The molecule has 0 radical (unpaired) electrons. The fraction of sp³-hybridized carbons (Fsp3) is 0.216. The van der Waals surface area contributed by atoms with E-state index in [1.165, 1.54) is 102 Å². The van der Waals surface area contributed by atoms with Gasteiger partial charge in [-0.25, -0.2) is 0 Å². The van der Waals surface area contributed by atoms with E-state index in [9.17, 15) is 0 Å². The van der Waals surface area contributed by atoms with Gasteiger partial charge in [-0.2, -0.15) is 0 Å². The maximum Gasteiger partial charge on any atom is 0.198 e. The molecule has 10 rings (SSSR count). The summed E-state index contributed by atoms with van der Waals surface area (Å²) < 4.78 is 0. The quantitative estimate of drug-likeness (QED) is 0.184. The van der Waals surface area contributed by atoms with E-state index in [1.807, 2.05) is 0 Å². The highest BCUT2D eigenvalue weighted by molar-refractivity contribution is 6.74. The minimum atomic E-state index is -0.0976. The molecule has 2 nitrogen and oxygen atoms in total. The summed E-state index contributed by atoms with van der Waals surface area (Å²) in [5.74, 6) is 0. The first kappa shape index (κ1) is 33.1. The van der Waals surface area contributed by atoms with Gasteiger partial charge in [0, 0.05) is 33.7 Å². The number of benzene rings is 7. The molecule has 3 aliphatic rings. The van der Waals surface area contributed by atoms with Gasteiger partial charge in [0.05, 0.1) is 5.69 Å². The third-order valence-electron chi connectivity index (χ3n) is 13.1. The molecule has 0 saturated carbocycles. The summed E-state index contributed by atoms with van der Waals surface area (Å²) in [6.07, 6.45) is 2.34. The molecule has 264 valence electrons. The highest BCUT2D eigenvalue weighted by Gasteiger charge is 2.42. The Kier molecular flexibility index (Phi) is 7.18. The van der Waals surface area contributed by atoms with Gasteiger partial charge in [-0.1, -0.05) is 150 Å². The second kappa shape index (κ2) is 11.7. The maximum atomic E-state index is 4.01. The summed E-state index contributed by atoms with van der Waals surface area (Å²) in [5.41, 5.74) is 19.8. The molecule has 0 fully saturated rings. The third-order valence-corrected chi connectivity index (χ3v) is 13.1. The Morgan fingerprint density at radius 3 is 1.98 bits per heavy atom. The SMILES string of the molecule is CC1(C)CCC(C)(C)c2cc(-c3c4c(cc5ccccc35)N3c5ccccc5C(C)(C)c5cccc(c53)B4)c(Nc3ccc(-c4ccccc4)cc3)cc21. The molecule has 3 heteroatoms. The molecule has 0 amide bonds. The van der Waals surface area contributed by atoms with E-state index < -0.39 is 0 Å². The lowest BCUT2D eigenvalue weighted by Crippen LogP contribution is -2.45. The van der Waals surface area contributed by atoms with Crippen LogP contribution in [0.3, 0.4) is 0 Å². The Morgan fingerprint density at radius 2 is 1.20 bits per heavy atom. The highest BCUT2D eigenvalue weighted by atomic mass is 15.2. The van der Waals surface area contributed by atoms with Crippen LogP contribution in [-0.4, -0.2) is 7.28 Å². The largest absolute Gasteiger partial charge is 0.355 e. The van der Waals surface area contributed by atoms with Crippen molar-refractivity contribution in [3.8, 4) is 22.3 Å². The van der Waals surface area contributed by atoms with Crippen molar-refractivity contribution in [2.24, 2.45) is 0 Å². The van der Waals surface area contributed by atoms with Crippen molar-refractivity contribution in [2.75, 3.05) is 10.2 Å². The minimum Gasteiger partial charge on any atom is -0.355 e. The second-order valence-corrected chi connectivity index (χ2v) is 17.7. The zero-order valence-electron chi connectivity index (χ0n) is 32.3. The van der Waals surface area contributed by atoms with Gasteiger partial charge < -0.3 is 10.2 Å². The lowest BCUT2D eigenvalue weighted by molar-refractivity contribution is 0.332. The van der Waals surface area contributed by atoms with E-state index in [2.05, 4.69) is 191 Å². The van der Waals surface area contributed by atoms with Crippen LogP contribution in [0.4, 0.5) is 28.4 Å². The van der Waals surface area contributed by atoms with Crippen LogP contribution in [0.15, 0.2) is 140 Å². The van der Waals surface area contributed by atoms with E-state index in [0.29, 0.717) is 0 Å². The summed E-state index contributed by atoms with van der Waals surface area (Å²) >= 11 is 0. The van der Waals surface area contributed by atoms with E-state index >= 15 is 0 Å². The van der Waals surface area contributed by atoms with E-state index in [4.69, 9.17) is 0 Å². The number of nitrogens with one attached hydrogen (secondary N) is 1. The van der Waals surface area contributed by atoms with Gasteiger partial charge in [0.25, 0.3) is 0 Å². The molecular formula is C51H47BN2. The molecule has 54 heavy (non-hydrogen) atoms. The van der Waals surface area contributed by atoms with Gasteiger partial charge in [-0.3, -0.25) is 0 Å². The molecule has 0 spiro atoms. The number of anilines is 5. The van der Waals surface area contributed by atoms with Crippen molar-refractivity contribution in [2.45, 2.75) is 70.6 Å². The molecule has 0 bridgehead atoms. The van der Waals surface area contributed by atoms with Gasteiger partial charge >= 0.3 is 0 Å². The average Bonchev–Trinajstić information content (AvgIpc) is 3.18. The number of hydrogen-bond acceptors (Lipinski definition) is 2. The molecule has 2 heterocycles. The summed E-state index contributed by atoms with van der Waals surface area (Å²) in [4.78, 5) is 2.60. The topological polar surface area (TPSA) is 15.3 Å². The molecular weight excluding hydrogens is 651 g/mol. The maximum absolute atomic E-state index is 4.01. The Morgan fingerprint density at radius 1 is 0.556 bits per heavy atom. The lowest BCUT2D eigenvalue weighted by atomic mass is 9.55. The standard InChI is InChI=1S/C51H47BN2/c1-49(2)27-28-50(3,4)41-31-43(53-35-25-23-33(24-26-35)32-15-8-7-9-16-32)37(30-40(41)49)46-36-18-11-10-17-34(36)29-45-47(46)52-42-21-14-20-39-48(42)54(45)44-22-13-12-19-38(44)51(39,5)6/h7-26,29-31,52-53H,27-28H2,1-6H3. The van der Waals surface area contributed by atoms with Gasteiger partial charge in [-0.05, 0) is 115 Å². The van der Waals surface area contributed by atoms with Crippen LogP contribution in [0, 0.1) is 0 Å². The molecule has 7 aromatic rings. The Bertz CT molecular complexity index is 2630. The molecule has 0 atom stereocenters. The monoisotopic (exact) mass is 698 g/mol. The van der Waals surface area contributed by atoms with Crippen molar-refractivity contribution >= 4 is 57.4 Å². The van der Waals surface area contributed by atoms with Crippen molar-refractivity contribution < 1.29 is 0 Å². The lowest BCUT2D eigenvalue weighted by Gasteiger charge is -2.46. The number of rotatable bonds is 4. The number of fused-ring (bicyclic) bond motifs is 6. The number of hydrogen-bond donors (Lipinski definition) is 1. The summed E-state index contributed by atoms with van der Waals surface area (Å²) in [7, 11) is 0.880. The van der Waals surface area contributed by atoms with Gasteiger partial charge in [0.1, 0.15) is 0 Å². The average molecular weight is 699 g/mol. The Hall–Kier alpha value is -5.54. The first-order valence-corrected chi connectivity index (χ1v) is 19.7. The van der Waals surface area contributed by atoms with E-state index in [-0.39, 0.29) is 16.2 Å². The molecule has 0 saturated heterocycles. The molecule has 7 aromatic carbocycles. The highest BCUT2D eigenvalue weighted by Crippen LogP contribution is 2.54. The summed E-state index contributed by atoms with van der Waals surface area (Å²) in [6.45, 7) is 14.5. The molecule has 0 unspecified atom stereocenters. The Balaban J connectivity index is 1.24. The fourth-order valence-electron chi connectivity index (χ4n) is 9.92. The summed E-state index contributed by atoms with van der Waals surface area (Å²) in [5, 5.41) is 6.58. The van der Waals surface area contributed by atoms with Gasteiger partial charge in [0.2, 0.25) is 0 Å². The van der Waals surface area contributed by atoms with E-state index in [1.54, 1.807) is 0 Å². The molecule has 0 aromatic heterocycles. The summed E-state index contributed by atoms with van der Waals surface area (Å²) in [6, 6.07) is 52.3. The van der Waals surface area contributed by atoms with E-state index in [0.717, 1.165) is 13.0 Å². The third kappa shape index (κ3) is 4.94. The van der Waals surface area contributed by atoms with Crippen LogP contribution in [0.25, 0.3) is 33.0 Å². The molecule has 2 aliphatic heterocycles. The Labute approximate surface area is 321 Å². The van der Waals surface area contributed by atoms with Crippen molar-refractivity contribution in [3.63, 3.8) is 0 Å². The predicted octanol–water partition coefficient (Wildman–Crippen LogP) is 12.1. The fourth-order valence-corrected chi connectivity index (χ4v) is 9.92. The second-order valence-electron chi connectivity index (χ2n) is 17.7. The number of para-hydroxylation sites is 2. The van der Waals surface area contributed by atoms with Crippen LogP contribution < -0.4 is 21.1 Å². The smallest absolute Gasteiger partial charge is 0.198 e. The van der Waals surface area contributed by atoms with Crippen LogP contribution in [0.1, 0.15) is 76.6 Å². The van der Waals surface area contributed by atoms with Crippen LogP contribution in [-0.2, 0) is 16.2 Å². The van der Waals surface area contributed by atoms with Crippen LogP contribution in [0.5, 0.6) is 0 Å². The van der Waals surface area contributed by atoms with Crippen LogP contribution >= 0.6 is 0 Å². The normalized spacial score (nSPS) is 16.7. The number of nitrogens with zero attached hydrogens (tertiary/aromatic N) is 1. The first-order valence-electron chi connectivity index (χ1n) is 19.7. The van der Waals surface area contributed by atoms with Crippen molar-refractivity contribution in [1.82, 2.24) is 0 Å².